The van der Waals surface area contributed by atoms with Gasteiger partial charge in [0.1, 0.15) is 5.84 Å². The molecule has 3 rings (SSSR count). The number of anilines is 1. The zero-order chi connectivity index (χ0) is 24.9. The number of primary sulfonamides is 1. The molecule has 34 heavy (non-hydrogen) atoms. The van der Waals surface area contributed by atoms with E-state index < -0.39 is 10.0 Å². The van der Waals surface area contributed by atoms with Crippen molar-refractivity contribution in [3.63, 3.8) is 0 Å². The van der Waals surface area contributed by atoms with E-state index in [0.29, 0.717) is 28.9 Å². The summed E-state index contributed by atoms with van der Waals surface area (Å²) in [5.74, 6) is -0.0227. The van der Waals surface area contributed by atoms with Crippen LogP contribution in [0, 0.1) is 5.41 Å². The lowest BCUT2D eigenvalue weighted by Crippen LogP contribution is -2.40. The lowest BCUT2D eigenvalue weighted by molar-refractivity contribution is 0.187. The first-order chi connectivity index (χ1) is 16.1. The van der Waals surface area contributed by atoms with Crippen molar-refractivity contribution in [2.45, 2.75) is 37.8 Å². The highest BCUT2D eigenvalue weighted by molar-refractivity contribution is 7.89. The molecule has 0 aromatic heterocycles. The van der Waals surface area contributed by atoms with Crippen LogP contribution < -0.4 is 16.2 Å². The first-order valence-corrected chi connectivity index (χ1v) is 12.4. The van der Waals surface area contributed by atoms with E-state index in [1.54, 1.807) is 53.4 Å². The van der Waals surface area contributed by atoms with Crippen LogP contribution in [0.2, 0.25) is 0 Å². The Hall–Kier alpha value is -3.69. The van der Waals surface area contributed by atoms with Crippen LogP contribution >= 0.6 is 0 Å². The van der Waals surface area contributed by atoms with Crippen molar-refractivity contribution in [2.24, 2.45) is 10.9 Å². The molecule has 8 nitrogen and oxygen atoms in total. The van der Waals surface area contributed by atoms with E-state index in [2.05, 4.69) is 5.32 Å². The van der Waals surface area contributed by atoms with Gasteiger partial charge in [0, 0.05) is 29.4 Å². The second-order valence-corrected chi connectivity index (χ2v) is 9.58. The molecule has 9 heteroatoms. The highest BCUT2D eigenvalue weighted by Gasteiger charge is 2.20. The Labute approximate surface area is 200 Å². The van der Waals surface area contributed by atoms with E-state index in [4.69, 9.17) is 16.3 Å². The Morgan fingerprint density at radius 3 is 2.35 bits per heavy atom. The third kappa shape index (κ3) is 6.00. The minimum atomic E-state index is -3.87. The monoisotopic (exact) mass is 479 g/mol. The number of nitrogens with one attached hydrogen (secondary N) is 2. The number of nitrogens with two attached hydrogens (primary N) is 2. The van der Waals surface area contributed by atoms with E-state index in [1.165, 1.54) is 6.07 Å². The van der Waals surface area contributed by atoms with Gasteiger partial charge in [-0.05, 0) is 48.7 Å². The maximum atomic E-state index is 13.1. The van der Waals surface area contributed by atoms with Gasteiger partial charge in [-0.1, -0.05) is 55.5 Å². The fourth-order valence-corrected chi connectivity index (χ4v) is 4.32. The van der Waals surface area contributed by atoms with Crippen molar-refractivity contribution >= 4 is 27.6 Å². The molecule has 0 fully saturated rings. The van der Waals surface area contributed by atoms with Gasteiger partial charge in [-0.15, -0.1) is 0 Å². The number of amides is 2. The molecule has 0 aliphatic rings. The first-order valence-electron chi connectivity index (χ1n) is 10.8. The maximum Gasteiger partial charge on any atom is 0.322 e. The van der Waals surface area contributed by atoms with Gasteiger partial charge >= 0.3 is 6.03 Å². The molecule has 6 N–H and O–H groups in total. The zero-order valence-electron chi connectivity index (χ0n) is 19.2. The molecular formula is C25H29N5O3S. The average Bonchev–Trinajstić information content (AvgIpc) is 2.82. The summed E-state index contributed by atoms with van der Waals surface area (Å²) in [6, 6.07) is 20.4. The fraction of sp³-hybridized carbons (Fsp3) is 0.200. The first kappa shape index (κ1) is 24.9. The summed E-state index contributed by atoms with van der Waals surface area (Å²) in [4.78, 5) is 14.9. The molecule has 0 spiro atoms. The minimum Gasteiger partial charge on any atom is -0.384 e. The number of sulfonamides is 1. The van der Waals surface area contributed by atoms with Gasteiger partial charge in [0.2, 0.25) is 10.0 Å². The van der Waals surface area contributed by atoms with Crippen molar-refractivity contribution in [2.75, 3.05) is 5.32 Å². The standard InChI is InChI=1S/C25H29N5O3S/c1-3-17(2)30(16-18-7-6-8-20(15-18)24(26)27)25(31)29-21-13-11-19(12-14-21)22-9-4-5-10-23(22)34(28,32)33/h4-15,17H,3,16H2,1-2H3,(H3,26,27)(H,29,31)(H2,28,32,33). The zero-order valence-corrected chi connectivity index (χ0v) is 20.0. The molecular weight excluding hydrogens is 450 g/mol. The SMILES string of the molecule is CCC(C)N(Cc1cccc(C(=N)N)c1)C(=O)Nc1ccc(-c2ccccc2S(N)(=O)=O)cc1. The van der Waals surface area contributed by atoms with Gasteiger partial charge in [0.25, 0.3) is 0 Å². The lowest BCUT2D eigenvalue weighted by Gasteiger charge is -2.29. The number of hydrogen-bond acceptors (Lipinski definition) is 4. The van der Waals surface area contributed by atoms with E-state index in [1.807, 2.05) is 32.0 Å². The molecule has 3 aromatic rings. The quantitative estimate of drug-likeness (QED) is 0.285. The Kier molecular flexibility index (Phi) is 7.70. The summed E-state index contributed by atoms with van der Waals surface area (Å²) in [6.45, 7) is 4.35. The highest BCUT2D eigenvalue weighted by atomic mass is 32.2. The van der Waals surface area contributed by atoms with Crippen LogP contribution in [0.1, 0.15) is 31.4 Å². The maximum absolute atomic E-state index is 13.1. The predicted octanol–water partition coefficient (Wildman–Crippen LogP) is 4.12. The molecule has 2 amide bonds. The van der Waals surface area contributed by atoms with E-state index in [9.17, 15) is 13.2 Å². The molecule has 0 radical (unpaired) electrons. The van der Waals surface area contributed by atoms with Crippen molar-refractivity contribution in [3.05, 3.63) is 83.9 Å². The summed E-state index contributed by atoms with van der Waals surface area (Å²) in [5.41, 5.74) is 8.82. The molecule has 0 saturated heterocycles. The minimum absolute atomic E-state index is 0.0227. The number of amidine groups is 1. The van der Waals surface area contributed by atoms with Gasteiger partial charge in [0.15, 0.2) is 0 Å². The summed E-state index contributed by atoms with van der Waals surface area (Å²) in [7, 11) is -3.87. The number of nitrogens with zero attached hydrogens (tertiary/aromatic N) is 1. The molecule has 0 aliphatic heterocycles. The molecule has 0 heterocycles. The Balaban J connectivity index is 1.80. The number of nitrogen functional groups attached to an aromatic ring is 1. The second kappa shape index (κ2) is 10.5. The van der Waals surface area contributed by atoms with Crippen LogP contribution in [0.5, 0.6) is 0 Å². The van der Waals surface area contributed by atoms with Crippen LogP contribution in [-0.4, -0.2) is 31.2 Å². The molecule has 3 aromatic carbocycles. The van der Waals surface area contributed by atoms with Crippen LogP contribution in [0.25, 0.3) is 11.1 Å². The van der Waals surface area contributed by atoms with Crippen molar-refractivity contribution in [3.8, 4) is 11.1 Å². The lowest BCUT2D eigenvalue weighted by atomic mass is 10.1. The molecule has 1 unspecified atom stereocenters. The average molecular weight is 480 g/mol. The number of rotatable bonds is 8. The van der Waals surface area contributed by atoms with Gasteiger partial charge in [0.05, 0.1) is 4.90 Å². The van der Waals surface area contributed by atoms with Crippen LogP contribution in [0.4, 0.5) is 10.5 Å². The summed E-state index contributed by atoms with van der Waals surface area (Å²) in [6.07, 6.45) is 0.767. The predicted molar refractivity (Wildman–Crippen MR) is 135 cm³/mol. The van der Waals surface area contributed by atoms with Gasteiger partial charge < -0.3 is 16.0 Å². The number of urea groups is 1. The summed E-state index contributed by atoms with van der Waals surface area (Å²) < 4.78 is 23.8. The van der Waals surface area contributed by atoms with Crippen molar-refractivity contribution in [1.82, 2.24) is 4.90 Å². The topological polar surface area (TPSA) is 142 Å². The van der Waals surface area contributed by atoms with Crippen LogP contribution in [0.3, 0.4) is 0 Å². The largest absolute Gasteiger partial charge is 0.384 e. The third-order valence-electron chi connectivity index (χ3n) is 5.62. The van der Waals surface area contributed by atoms with Crippen LogP contribution in [0.15, 0.2) is 77.7 Å². The molecule has 0 bridgehead atoms. The highest BCUT2D eigenvalue weighted by Crippen LogP contribution is 2.27. The number of hydrogen-bond donors (Lipinski definition) is 4. The van der Waals surface area contributed by atoms with Gasteiger partial charge in [-0.2, -0.15) is 0 Å². The Morgan fingerprint density at radius 2 is 1.74 bits per heavy atom. The Morgan fingerprint density at radius 1 is 1.06 bits per heavy atom. The van der Waals surface area contributed by atoms with Gasteiger partial charge in [-0.25, -0.2) is 18.4 Å². The smallest absolute Gasteiger partial charge is 0.322 e. The van der Waals surface area contributed by atoms with E-state index in [0.717, 1.165) is 12.0 Å². The second-order valence-electron chi connectivity index (χ2n) is 8.05. The van der Waals surface area contributed by atoms with E-state index >= 15 is 0 Å². The molecule has 178 valence electrons. The third-order valence-corrected chi connectivity index (χ3v) is 6.58. The fourth-order valence-electron chi connectivity index (χ4n) is 3.56. The number of carbonyl (C=O) groups excluding carboxylic acids is 1. The molecule has 1 atom stereocenters. The van der Waals surface area contributed by atoms with E-state index in [-0.39, 0.29) is 22.8 Å². The van der Waals surface area contributed by atoms with Crippen molar-refractivity contribution < 1.29 is 13.2 Å². The molecule has 0 aliphatic carbocycles. The number of carbonyl (C=O) groups is 1. The number of benzene rings is 3. The summed E-state index contributed by atoms with van der Waals surface area (Å²) >= 11 is 0. The van der Waals surface area contributed by atoms with Gasteiger partial charge in [-0.3, -0.25) is 5.41 Å². The van der Waals surface area contributed by atoms with Crippen LogP contribution in [-0.2, 0) is 16.6 Å². The normalized spacial score (nSPS) is 12.1. The molecule has 0 saturated carbocycles. The Bertz CT molecular complexity index is 1290. The summed E-state index contributed by atoms with van der Waals surface area (Å²) in [5, 5.41) is 15.9. The van der Waals surface area contributed by atoms with Crippen molar-refractivity contribution in [1.29, 1.82) is 5.41 Å².